The smallest absolute Gasteiger partial charge is 0.144 e. The number of fused-ring (bicyclic) bond motifs is 1. The standard InChI is InChI=1S/C25H33NO2S/c1-24(2,3)29(27)26-17-23-22-15-19(8-7-18-5-6-18)9-10-20(22)16-25(23)13-11-21(28-4)12-14-25/h9-10,15,17-18,21,23H,5-6,11-14,16H2,1-4H3/b26-17+/t21-,23?,25-,29?. The van der Waals surface area contributed by atoms with Gasteiger partial charge in [-0.1, -0.05) is 22.3 Å². The van der Waals surface area contributed by atoms with Gasteiger partial charge in [0.15, 0.2) is 0 Å². The Balaban J connectivity index is 1.65. The number of nitrogens with zero attached hydrogens (tertiary/aromatic N) is 1. The van der Waals surface area contributed by atoms with Crippen LogP contribution in [-0.4, -0.2) is 28.7 Å². The normalized spacial score (nSPS) is 30.2. The van der Waals surface area contributed by atoms with Crippen LogP contribution in [0.2, 0.25) is 0 Å². The highest BCUT2D eigenvalue weighted by Gasteiger charge is 2.47. The first-order chi connectivity index (χ1) is 13.8. The van der Waals surface area contributed by atoms with Gasteiger partial charge in [0.25, 0.3) is 0 Å². The van der Waals surface area contributed by atoms with Crippen LogP contribution in [0.25, 0.3) is 0 Å². The lowest BCUT2D eigenvalue weighted by Crippen LogP contribution is -2.35. The van der Waals surface area contributed by atoms with Crippen molar-refractivity contribution in [2.75, 3.05) is 7.11 Å². The van der Waals surface area contributed by atoms with Crippen LogP contribution in [0.1, 0.15) is 81.9 Å². The number of ether oxygens (including phenoxy) is 1. The molecule has 1 aromatic rings. The van der Waals surface area contributed by atoms with Crippen molar-refractivity contribution >= 4 is 17.6 Å². The lowest BCUT2D eigenvalue weighted by atomic mass is 9.66. The maximum absolute atomic E-state index is 12.6. The van der Waals surface area contributed by atoms with Gasteiger partial charge in [0.2, 0.25) is 0 Å². The van der Waals surface area contributed by atoms with Crippen molar-refractivity contribution in [3.63, 3.8) is 0 Å². The third kappa shape index (κ3) is 4.58. The zero-order chi connectivity index (χ0) is 20.6. The molecule has 0 heterocycles. The zero-order valence-electron chi connectivity index (χ0n) is 18.2. The van der Waals surface area contributed by atoms with E-state index in [1.165, 1.54) is 24.0 Å². The van der Waals surface area contributed by atoms with Gasteiger partial charge in [0, 0.05) is 24.5 Å². The highest BCUT2D eigenvalue weighted by molar-refractivity contribution is 7.91. The molecule has 0 N–H and O–H groups in total. The van der Waals surface area contributed by atoms with Crippen LogP contribution in [0, 0.1) is 23.2 Å². The van der Waals surface area contributed by atoms with E-state index in [4.69, 9.17) is 4.74 Å². The second-order valence-electron chi connectivity index (χ2n) is 10.0. The molecule has 2 atom stereocenters. The molecule has 0 radical (unpaired) electrons. The average molecular weight is 412 g/mol. The number of rotatable bonds is 3. The number of methoxy groups -OCH3 is 1. The molecular weight excluding hydrogens is 378 g/mol. The molecule has 3 nitrogen and oxygen atoms in total. The Labute approximate surface area is 179 Å². The van der Waals surface area contributed by atoms with E-state index in [9.17, 15) is 4.55 Å². The van der Waals surface area contributed by atoms with E-state index in [-0.39, 0.29) is 16.1 Å². The van der Waals surface area contributed by atoms with Crippen LogP contribution >= 0.6 is 0 Å². The fourth-order valence-electron chi connectivity index (χ4n) is 4.76. The molecule has 0 aromatic heterocycles. The van der Waals surface area contributed by atoms with E-state index in [1.54, 1.807) is 0 Å². The van der Waals surface area contributed by atoms with E-state index in [0.29, 0.717) is 12.0 Å². The van der Waals surface area contributed by atoms with Crippen LogP contribution < -0.4 is 0 Å². The van der Waals surface area contributed by atoms with Crippen LogP contribution in [0.4, 0.5) is 0 Å². The largest absolute Gasteiger partial charge is 0.591 e. The molecule has 0 saturated heterocycles. The lowest BCUT2D eigenvalue weighted by molar-refractivity contribution is 0.0273. The molecule has 29 heavy (non-hydrogen) atoms. The van der Waals surface area contributed by atoms with Crippen molar-refractivity contribution in [3.8, 4) is 11.8 Å². The first-order valence-electron chi connectivity index (χ1n) is 10.9. The molecule has 0 bridgehead atoms. The van der Waals surface area contributed by atoms with E-state index in [0.717, 1.165) is 37.7 Å². The van der Waals surface area contributed by atoms with Crippen LogP contribution in [-0.2, 0) is 22.5 Å². The van der Waals surface area contributed by atoms with E-state index >= 15 is 0 Å². The minimum atomic E-state index is -1.23. The highest BCUT2D eigenvalue weighted by Crippen LogP contribution is 2.55. The highest BCUT2D eigenvalue weighted by atomic mass is 32.2. The molecular formula is C25H33NO2S. The van der Waals surface area contributed by atoms with Gasteiger partial charge in [-0.3, -0.25) is 0 Å². The maximum Gasteiger partial charge on any atom is 0.144 e. The Bertz CT molecular complexity index is 833. The third-order valence-corrected chi connectivity index (χ3v) is 8.13. The van der Waals surface area contributed by atoms with E-state index in [2.05, 4.69) is 34.4 Å². The summed E-state index contributed by atoms with van der Waals surface area (Å²) in [6.07, 6.45) is 10.4. The fraction of sp³-hybridized carbons (Fsp3) is 0.640. The van der Waals surface area contributed by atoms with Crippen molar-refractivity contribution in [3.05, 3.63) is 34.9 Å². The summed E-state index contributed by atoms with van der Waals surface area (Å²) in [5, 5.41) is 0. The summed E-state index contributed by atoms with van der Waals surface area (Å²) in [5.74, 6) is 7.58. The predicted molar refractivity (Wildman–Crippen MR) is 121 cm³/mol. The monoisotopic (exact) mass is 411 g/mol. The molecule has 3 aliphatic carbocycles. The van der Waals surface area contributed by atoms with Gasteiger partial charge in [-0.05, 0) is 94.4 Å². The summed E-state index contributed by atoms with van der Waals surface area (Å²) in [5.41, 5.74) is 4.04. The van der Waals surface area contributed by atoms with E-state index in [1.807, 2.05) is 34.1 Å². The van der Waals surface area contributed by atoms with Gasteiger partial charge in [-0.15, -0.1) is 0 Å². The zero-order valence-corrected chi connectivity index (χ0v) is 19.0. The van der Waals surface area contributed by atoms with Crippen molar-refractivity contribution in [1.29, 1.82) is 0 Å². The van der Waals surface area contributed by atoms with E-state index < -0.39 is 11.4 Å². The first-order valence-corrected chi connectivity index (χ1v) is 12.0. The summed E-state index contributed by atoms with van der Waals surface area (Å²) < 4.78 is 22.5. The Morgan fingerprint density at radius 1 is 1.21 bits per heavy atom. The Morgan fingerprint density at radius 3 is 2.55 bits per heavy atom. The Kier molecular flexibility index (Phi) is 5.86. The second kappa shape index (κ2) is 8.10. The predicted octanol–water partition coefficient (Wildman–Crippen LogP) is 5.20. The quantitative estimate of drug-likeness (QED) is 0.390. The van der Waals surface area contributed by atoms with Crippen LogP contribution in [0.5, 0.6) is 0 Å². The second-order valence-corrected chi connectivity index (χ2v) is 12.0. The SMILES string of the molecule is CO[C@H]1CC[C@]2(CC1)Cc1ccc(C#CC3CC3)cc1C2/C=N/[S+]([O-])C(C)(C)C. The summed E-state index contributed by atoms with van der Waals surface area (Å²) >= 11 is -1.23. The fourth-order valence-corrected chi connectivity index (χ4v) is 5.31. The van der Waals surface area contributed by atoms with Gasteiger partial charge < -0.3 is 9.29 Å². The molecule has 4 heteroatoms. The van der Waals surface area contributed by atoms with Crippen molar-refractivity contribution in [2.24, 2.45) is 15.7 Å². The van der Waals surface area contributed by atoms with Crippen molar-refractivity contribution < 1.29 is 9.29 Å². The van der Waals surface area contributed by atoms with Crippen LogP contribution in [0.3, 0.4) is 0 Å². The topological polar surface area (TPSA) is 44.6 Å². The van der Waals surface area contributed by atoms with Crippen molar-refractivity contribution in [2.45, 2.75) is 82.5 Å². The summed E-state index contributed by atoms with van der Waals surface area (Å²) in [6.45, 7) is 5.94. The maximum atomic E-state index is 12.6. The van der Waals surface area contributed by atoms with Crippen LogP contribution in [0.15, 0.2) is 22.6 Å². The third-order valence-electron chi connectivity index (χ3n) is 6.77. The minimum absolute atomic E-state index is 0.172. The molecule has 0 aliphatic heterocycles. The molecule has 2 unspecified atom stereocenters. The molecule has 156 valence electrons. The molecule has 3 aliphatic rings. The first kappa shape index (κ1) is 21.0. The summed E-state index contributed by atoms with van der Waals surface area (Å²) in [4.78, 5) is 0. The van der Waals surface area contributed by atoms with Crippen molar-refractivity contribution in [1.82, 2.24) is 0 Å². The summed E-state index contributed by atoms with van der Waals surface area (Å²) in [7, 11) is 1.82. The Morgan fingerprint density at radius 2 is 1.93 bits per heavy atom. The molecule has 2 fully saturated rings. The molecule has 1 spiro atoms. The molecule has 1 aromatic carbocycles. The Hall–Kier alpha value is -1.28. The number of hydrogen-bond donors (Lipinski definition) is 0. The summed E-state index contributed by atoms with van der Waals surface area (Å²) in [6, 6.07) is 6.72. The molecule has 4 rings (SSSR count). The lowest BCUT2D eigenvalue weighted by Gasteiger charge is -2.40. The van der Waals surface area contributed by atoms with Gasteiger partial charge in [0.05, 0.1) is 12.3 Å². The van der Waals surface area contributed by atoms with Gasteiger partial charge in [0.1, 0.15) is 16.1 Å². The number of hydrogen-bond acceptors (Lipinski definition) is 3. The number of benzene rings is 1. The van der Waals surface area contributed by atoms with Gasteiger partial charge >= 0.3 is 0 Å². The molecule has 0 amide bonds. The van der Waals surface area contributed by atoms with Gasteiger partial charge in [-0.25, -0.2) is 0 Å². The average Bonchev–Trinajstić information content (AvgIpc) is 3.47. The molecule has 2 saturated carbocycles. The van der Waals surface area contributed by atoms with Gasteiger partial charge in [-0.2, -0.15) is 0 Å². The minimum Gasteiger partial charge on any atom is -0.591 e.